The number of hydrogen-bond donors (Lipinski definition) is 2. The Bertz CT molecular complexity index is 714. The zero-order valence-corrected chi connectivity index (χ0v) is 13.4. The largest absolute Gasteiger partial charge is 0.488 e. The average molecular weight is 325 g/mol. The highest BCUT2D eigenvalue weighted by Crippen LogP contribution is 2.17. The Balaban J connectivity index is 1.97. The Morgan fingerprint density at radius 2 is 1.75 bits per heavy atom. The lowest BCUT2D eigenvalue weighted by Crippen LogP contribution is -2.37. The minimum absolute atomic E-state index is 0.381. The van der Waals surface area contributed by atoms with E-state index in [-0.39, 0.29) is 0 Å². The summed E-state index contributed by atoms with van der Waals surface area (Å²) in [4.78, 5) is 22.7. The molecule has 0 bridgehead atoms. The van der Waals surface area contributed by atoms with Gasteiger partial charge in [0.05, 0.1) is 6.21 Å². The average Bonchev–Trinajstić information content (AvgIpc) is 2.62. The fraction of sp³-hybridized carbons (Fsp3) is 0.167. The van der Waals surface area contributed by atoms with Crippen molar-refractivity contribution in [1.29, 1.82) is 0 Å². The van der Waals surface area contributed by atoms with Crippen molar-refractivity contribution in [3.05, 3.63) is 65.7 Å². The normalized spacial score (nSPS) is 10.4. The number of amides is 2. The van der Waals surface area contributed by atoms with E-state index >= 15 is 0 Å². The van der Waals surface area contributed by atoms with Gasteiger partial charge < -0.3 is 10.1 Å². The van der Waals surface area contributed by atoms with E-state index < -0.39 is 11.8 Å². The van der Waals surface area contributed by atoms with Gasteiger partial charge in [-0.05, 0) is 24.6 Å². The molecule has 0 atom stereocenters. The van der Waals surface area contributed by atoms with E-state index in [1.54, 1.807) is 6.92 Å². The minimum atomic E-state index is -0.809. The number of rotatable bonds is 6. The molecule has 2 aromatic rings. The Kier molecular flexibility index (Phi) is 6.52. The van der Waals surface area contributed by atoms with Crippen molar-refractivity contribution in [2.24, 2.45) is 5.10 Å². The van der Waals surface area contributed by atoms with Crippen LogP contribution in [0.1, 0.15) is 18.1 Å². The summed E-state index contributed by atoms with van der Waals surface area (Å²) >= 11 is 0. The smallest absolute Gasteiger partial charge is 0.329 e. The molecule has 0 aliphatic heterocycles. The van der Waals surface area contributed by atoms with Gasteiger partial charge in [0, 0.05) is 12.1 Å². The fourth-order valence-corrected chi connectivity index (χ4v) is 1.91. The minimum Gasteiger partial charge on any atom is -0.488 e. The highest BCUT2D eigenvalue weighted by molar-refractivity contribution is 6.35. The van der Waals surface area contributed by atoms with E-state index in [1.165, 1.54) is 6.21 Å². The van der Waals surface area contributed by atoms with Gasteiger partial charge in [0.2, 0.25) is 0 Å². The molecule has 0 heterocycles. The molecule has 0 aromatic heterocycles. The third-order valence-electron chi connectivity index (χ3n) is 3.07. The molecule has 0 saturated carbocycles. The van der Waals surface area contributed by atoms with Crippen molar-refractivity contribution in [3.63, 3.8) is 0 Å². The van der Waals surface area contributed by atoms with E-state index in [0.29, 0.717) is 24.5 Å². The van der Waals surface area contributed by atoms with Crippen LogP contribution < -0.4 is 15.5 Å². The number of benzene rings is 2. The first-order valence-electron chi connectivity index (χ1n) is 7.57. The van der Waals surface area contributed by atoms with Crippen LogP contribution in [0.4, 0.5) is 0 Å². The lowest BCUT2D eigenvalue weighted by atomic mass is 10.2. The van der Waals surface area contributed by atoms with Crippen molar-refractivity contribution in [1.82, 2.24) is 10.7 Å². The molecule has 0 fully saturated rings. The first-order chi connectivity index (χ1) is 11.7. The molecule has 2 aromatic carbocycles. The van der Waals surface area contributed by atoms with Gasteiger partial charge in [0.25, 0.3) is 0 Å². The molecule has 2 amide bonds. The van der Waals surface area contributed by atoms with Crippen LogP contribution in [0.2, 0.25) is 0 Å². The Morgan fingerprint density at radius 1 is 1.04 bits per heavy atom. The number of nitrogens with zero attached hydrogens (tertiary/aromatic N) is 1. The van der Waals surface area contributed by atoms with Crippen molar-refractivity contribution in [2.75, 3.05) is 6.54 Å². The van der Waals surface area contributed by atoms with Gasteiger partial charge >= 0.3 is 11.8 Å². The second kappa shape index (κ2) is 9.09. The molecular weight excluding hydrogens is 306 g/mol. The molecule has 2 rings (SSSR count). The molecule has 24 heavy (non-hydrogen) atoms. The summed E-state index contributed by atoms with van der Waals surface area (Å²) < 4.78 is 5.78. The van der Waals surface area contributed by atoms with Gasteiger partial charge in [-0.25, -0.2) is 5.43 Å². The fourth-order valence-electron chi connectivity index (χ4n) is 1.91. The first-order valence-corrected chi connectivity index (χ1v) is 7.57. The lowest BCUT2D eigenvalue weighted by molar-refractivity contribution is -0.139. The Morgan fingerprint density at radius 3 is 2.50 bits per heavy atom. The summed E-state index contributed by atoms with van der Waals surface area (Å²) in [6.45, 7) is 2.54. The maximum Gasteiger partial charge on any atom is 0.329 e. The molecule has 0 radical (unpaired) electrons. The van der Waals surface area contributed by atoms with Crippen LogP contribution in [0.5, 0.6) is 5.75 Å². The van der Waals surface area contributed by atoms with Gasteiger partial charge in [0.1, 0.15) is 12.4 Å². The summed E-state index contributed by atoms with van der Waals surface area (Å²) in [7, 11) is 0. The van der Waals surface area contributed by atoms with Crippen LogP contribution in [0, 0.1) is 0 Å². The summed E-state index contributed by atoms with van der Waals surface area (Å²) in [5.41, 5.74) is 3.93. The van der Waals surface area contributed by atoms with Crippen molar-refractivity contribution in [3.8, 4) is 5.75 Å². The topological polar surface area (TPSA) is 79.8 Å². The van der Waals surface area contributed by atoms with Gasteiger partial charge in [-0.15, -0.1) is 0 Å². The maximum absolute atomic E-state index is 11.5. The summed E-state index contributed by atoms with van der Waals surface area (Å²) in [5.74, 6) is -0.892. The number of hydrazone groups is 1. The van der Waals surface area contributed by atoms with Crippen LogP contribution in [-0.2, 0) is 16.2 Å². The highest BCUT2D eigenvalue weighted by atomic mass is 16.5. The zero-order chi connectivity index (χ0) is 17.2. The molecule has 0 unspecified atom stereocenters. The van der Waals surface area contributed by atoms with E-state index in [4.69, 9.17) is 4.74 Å². The Hall–Kier alpha value is -3.15. The molecule has 0 aliphatic rings. The van der Waals surface area contributed by atoms with Gasteiger partial charge in [-0.2, -0.15) is 5.10 Å². The predicted octanol–water partition coefficient (Wildman–Crippen LogP) is 1.85. The van der Waals surface area contributed by atoms with Crippen molar-refractivity contribution < 1.29 is 14.3 Å². The monoisotopic (exact) mass is 325 g/mol. The molecule has 0 aliphatic carbocycles. The standard InChI is InChI=1S/C18H19N3O3/c1-2-19-17(22)18(23)21-20-12-15-10-6-7-11-16(15)24-13-14-8-4-3-5-9-14/h3-12H,2,13H2,1H3,(H,19,22)(H,21,23)/b20-12-. The van der Waals surface area contributed by atoms with Crippen molar-refractivity contribution in [2.45, 2.75) is 13.5 Å². The predicted molar refractivity (Wildman–Crippen MR) is 91.6 cm³/mol. The summed E-state index contributed by atoms with van der Waals surface area (Å²) in [6.07, 6.45) is 1.44. The van der Waals surface area contributed by atoms with Crippen LogP contribution in [0.3, 0.4) is 0 Å². The Labute approximate surface area is 140 Å². The van der Waals surface area contributed by atoms with E-state index in [1.807, 2.05) is 54.6 Å². The van der Waals surface area contributed by atoms with Gasteiger partial charge in [-0.1, -0.05) is 42.5 Å². The third kappa shape index (κ3) is 5.24. The van der Waals surface area contributed by atoms with E-state index in [2.05, 4.69) is 15.8 Å². The number of nitrogens with one attached hydrogen (secondary N) is 2. The highest BCUT2D eigenvalue weighted by Gasteiger charge is 2.10. The summed E-state index contributed by atoms with van der Waals surface area (Å²) in [5, 5.41) is 6.19. The summed E-state index contributed by atoms with van der Waals surface area (Å²) in [6, 6.07) is 17.1. The molecule has 124 valence electrons. The second-order valence-corrected chi connectivity index (χ2v) is 4.87. The number of para-hydroxylation sites is 1. The number of carbonyl (C=O) groups excluding carboxylic acids is 2. The lowest BCUT2D eigenvalue weighted by Gasteiger charge is -2.08. The van der Waals surface area contributed by atoms with Crippen LogP contribution in [0.15, 0.2) is 59.7 Å². The van der Waals surface area contributed by atoms with Crippen LogP contribution in [0.25, 0.3) is 0 Å². The van der Waals surface area contributed by atoms with Gasteiger partial charge in [-0.3, -0.25) is 9.59 Å². The SMILES string of the molecule is CCNC(=O)C(=O)N/N=C\c1ccccc1OCc1ccccc1. The third-order valence-corrected chi connectivity index (χ3v) is 3.07. The number of carbonyl (C=O) groups is 2. The second-order valence-electron chi connectivity index (χ2n) is 4.87. The molecule has 2 N–H and O–H groups in total. The number of likely N-dealkylation sites (N-methyl/N-ethyl adjacent to an activating group) is 1. The van der Waals surface area contributed by atoms with Gasteiger partial charge in [0.15, 0.2) is 0 Å². The zero-order valence-electron chi connectivity index (χ0n) is 13.4. The molecular formula is C18H19N3O3. The molecule has 6 nitrogen and oxygen atoms in total. The van der Waals surface area contributed by atoms with Crippen molar-refractivity contribution >= 4 is 18.0 Å². The van der Waals surface area contributed by atoms with E-state index in [0.717, 1.165) is 5.56 Å². The molecule has 6 heteroatoms. The first kappa shape index (κ1) is 17.2. The number of ether oxygens (including phenoxy) is 1. The van der Waals surface area contributed by atoms with E-state index in [9.17, 15) is 9.59 Å². The maximum atomic E-state index is 11.5. The quantitative estimate of drug-likeness (QED) is 0.483. The number of hydrogen-bond acceptors (Lipinski definition) is 4. The van der Waals surface area contributed by atoms with Crippen LogP contribution >= 0.6 is 0 Å². The molecule has 0 spiro atoms. The molecule has 0 saturated heterocycles. The van der Waals surface area contributed by atoms with Crippen LogP contribution in [-0.4, -0.2) is 24.6 Å².